The van der Waals surface area contributed by atoms with E-state index in [0.717, 1.165) is 12.8 Å². The number of nitrogens with one attached hydrogen (secondary N) is 1. The third kappa shape index (κ3) is 2.18. The summed E-state index contributed by atoms with van der Waals surface area (Å²) in [4.78, 5) is 21.5. The van der Waals surface area contributed by atoms with Crippen LogP contribution in [-0.4, -0.2) is 29.6 Å². The van der Waals surface area contributed by atoms with Gasteiger partial charge in [-0.05, 0) is 19.4 Å². The van der Waals surface area contributed by atoms with Crippen LogP contribution in [0.25, 0.3) is 0 Å². The maximum absolute atomic E-state index is 10.9. The summed E-state index contributed by atoms with van der Waals surface area (Å²) in [6, 6.07) is -0.676. The molecule has 5 heteroatoms. The summed E-state index contributed by atoms with van der Waals surface area (Å²) in [6.07, 6.45) is 2.29. The topological polar surface area (TPSA) is 92.4 Å². The number of carbonyl (C=O) groups is 2. The second-order valence-electron chi connectivity index (χ2n) is 3.22. The summed E-state index contributed by atoms with van der Waals surface area (Å²) in [5, 5.41) is 11.0. The van der Waals surface area contributed by atoms with E-state index in [-0.39, 0.29) is 11.8 Å². The average molecular weight is 186 g/mol. The normalized spacial score (nSPS) is 26.4. The SMILES string of the molecule is NCCCCC1C(=O)NC1C(=O)O. The van der Waals surface area contributed by atoms with E-state index in [1.165, 1.54) is 0 Å². The van der Waals surface area contributed by atoms with Crippen LogP contribution < -0.4 is 11.1 Å². The zero-order valence-electron chi connectivity index (χ0n) is 7.32. The Hall–Kier alpha value is -1.10. The zero-order chi connectivity index (χ0) is 9.84. The number of unbranched alkanes of at least 4 members (excludes halogenated alkanes) is 1. The predicted octanol–water partition coefficient (Wildman–Crippen LogP) is -0.685. The summed E-state index contributed by atoms with van der Waals surface area (Å²) in [6.45, 7) is 0.589. The fourth-order valence-electron chi connectivity index (χ4n) is 1.46. The van der Waals surface area contributed by atoms with Gasteiger partial charge in [0.25, 0.3) is 0 Å². The smallest absolute Gasteiger partial charge is 0.327 e. The summed E-state index contributed by atoms with van der Waals surface area (Å²) in [7, 11) is 0. The maximum Gasteiger partial charge on any atom is 0.327 e. The second kappa shape index (κ2) is 4.23. The Labute approximate surface area is 76.3 Å². The molecular formula is C8H14N2O3. The minimum Gasteiger partial charge on any atom is -0.480 e. The number of hydrogen-bond acceptors (Lipinski definition) is 3. The largest absolute Gasteiger partial charge is 0.480 e. The van der Waals surface area contributed by atoms with Gasteiger partial charge < -0.3 is 16.2 Å². The molecule has 1 heterocycles. The summed E-state index contributed by atoms with van der Waals surface area (Å²) in [5.41, 5.74) is 5.29. The molecule has 5 nitrogen and oxygen atoms in total. The van der Waals surface area contributed by atoms with Gasteiger partial charge in [-0.2, -0.15) is 0 Å². The molecule has 2 atom stereocenters. The number of carboxylic acids is 1. The zero-order valence-corrected chi connectivity index (χ0v) is 7.32. The summed E-state index contributed by atoms with van der Waals surface area (Å²) >= 11 is 0. The quantitative estimate of drug-likeness (QED) is 0.391. The summed E-state index contributed by atoms with van der Waals surface area (Å²) < 4.78 is 0. The van der Waals surface area contributed by atoms with Crippen molar-refractivity contribution in [3.05, 3.63) is 0 Å². The van der Waals surface area contributed by atoms with E-state index in [9.17, 15) is 9.59 Å². The molecule has 0 radical (unpaired) electrons. The van der Waals surface area contributed by atoms with Crippen molar-refractivity contribution in [3.8, 4) is 0 Å². The Kier molecular flexibility index (Phi) is 3.25. The molecule has 1 amide bonds. The van der Waals surface area contributed by atoms with Crippen LogP contribution in [0.3, 0.4) is 0 Å². The van der Waals surface area contributed by atoms with Crippen molar-refractivity contribution in [1.82, 2.24) is 5.32 Å². The molecule has 0 aromatic rings. The molecule has 0 aromatic carbocycles. The van der Waals surface area contributed by atoms with Crippen molar-refractivity contribution in [1.29, 1.82) is 0 Å². The molecule has 1 aliphatic rings. The Balaban J connectivity index is 2.30. The van der Waals surface area contributed by atoms with E-state index in [2.05, 4.69) is 5.32 Å². The highest BCUT2D eigenvalue weighted by Crippen LogP contribution is 2.21. The lowest BCUT2D eigenvalue weighted by Crippen LogP contribution is -2.61. The molecule has 0 saturated carbocycles. The van der Waals surface area contributed by atoms with Gasteiger partial charge in [0.15, 0.2) is 0 Å². The number of carbonyl (C=O) groups excluding carboxylic acids is 1. The molecule has 13 heavy (non-hydrogen) atoms. The van der Waals surface area contributed by atoms with Gasteiger partial charge in [-0.25, -0.2) is 4.79 Å². The molecular weight excluding hydrogens is 172 g/mol. The number of rotatable bonds is 5. The molecule has 1 rings (SSSR count). The van der Waals surface area contributed by atoms with Crippen molar-refractivity contribution < 1.29 is 14.7 Å². The van der Waals surface area contributed by atoms with Gasteiger partial charge in [-0.3, -0.25) is 4.79 Å². The van der Waals surface area contributed by atoms with Gasteiger partial charge in [0.1, 0.15) is 6.04 Å². The van der Waals surface area contributed by atoms with E-state index in [1.54, 1.807) is 0 Å². The van der Waals surface area contributed by atoms with Gasteiger partial charge in [-0.1, -0.05) is 6.42 Å². The van der Waals surface area contributed by atoms with Gasteiger partial charge in [-0.15, -0.1) is 0 Å². The van der Waals surface area contributed by atoms with E-state index in [0.29, 0.717) is 13.0 Å². The first kappa shape index (κ1) is 9.98. The van der Waals surface area contributed by atoms with Crippen molar-refractivity contribution in [2.75, 3.05) is 6.54 Å². The summed E-state index contributed by atoms with van der Waals surface area (Å²) in [5.74, 6) is -1.44. The number of hydrogen-bond donors (Lipinski definition) is 3. The van der Waals surface area contributed by atoms with Gasteiger partial charge >= 0.3 is 5.97 Å². The molecule has 4 N–H and O–H groups in total. The molecule has 0 aromatic heterocycles. The lowest BCUT2D eigenvalue weighted by molar-refractivity contribution is -0.153. The van der Waals surface area contributed by atoms with Crippen LogP contribution in [0.2, 0.25) is 0 Å². The molecule has 0 aliphatic carbocycles. The van der Waals surface area contributed by atoms with Crippen LogP contribution in [0.4, 0.5) is 0 Å². The molecule has 2 unspecified atom stereocenters. The van der Waals surface area contributed by atoms with Crippen LogP contribution in [-0.2, 0) is 9.59 Å². The first-order chi connectivity index (χ1) is 6.16. The van der Waals surface area contributed by atoms with Crippen LogP contribution in [0.1, 0.15) is 19.3 Å². The van der Waals surface area contributed by atoms with Crippen LogP contribution in [0.15, 0.2) is 0 Å². The fraction of sp³-hybridized carbons (Fsp3) is 0.750. The maximum atomic E-state index is 10.9. The third-order valence-electron chi connectivity index (χ3n) is 2.27. The van der Waals surface area contributed by atoms with Gasteiger partial charge in [0.2, 0.25) is 5.91 Å². The highest BCUT2D eigenvalue weighted by molar-refractivity contribution is 5.96. The van der Waals surface area contributed by atoms with Crippen molar-refractivity contribution in [3.63, 3.8) is 0 Å². The Bertz CT molecular complexity index is 217. The molecule has 0 bridgehead atoms. The first-order valence-electron chi connectivity index (χ1n) is 4.40. The average Bonchev–Trinajstić information content (AvgIpc) is 2.07. The Morgan fingerprint density at radius 3 is 2.69 bits per heavy atom. The van der Waals surface area contributed by atoms with E-state index in [1.807, 2.05) is 0 Å². The first-order valence-corrected chi connectivity index (χ1v) is 4.40. The molecule has 74 valence electrons. The van der Waals surface area contributed by atoms with Crippen molar-refractivity contribution in [2.45, 2.75) is 25.3 Å². The minimum atomic E-state index is -0.947. The highest BCUT2D eigenvalue weighted by atomic mass is 16.4. The highest BCUT2D eigenvalue weighted by Gasteiger charge is 2.43. The standard InChI is InChI=1S/C8H14N2O3/c9-4-2-1-3-5-6(8(12)13)10-7(5)11/h5-6H,1-4,9H2,(H,10,11)(H,12,13). The monoisotopic (exact) mass is 186 g/mol. The van der Waals surface area contributed by atoms with E-state index in [4.69, 9.17) is 10.8 Å². The minimum absolute atomic E-state index is 0.149. The number of β-lactam (4-membered cyclic amide) rings is 1. The third-order valence-corrected chi connectivity index (χ3v) is 2.27. The van der Waals surface area contributed by atoms with E-state index >= 15 is 0 Å². The van der Waals surface area contributed by atoms with Crippen molar-refractivity contribution in [2.24, 2.45) is 11.7 Å². The van der Waals surface area contributed by atoms with Crippen LogP contribution in [0, 0.1) is 5.92 Å². The lowest BCUT2D eigenvalue weighted by Gasteiger charge is -2.33. The Morgan fingerprint density at radius 2 is 2.23 bits per heavy atom. The van der Waals surface area contributed by atoms with Crippen LogP contribution in [0.5, 0.6) is 0 Å². The number of aliphatic carboxylic acids is 1. The molecule has 1 saturated heterocycles. The second-order valence-corrected chi connectivity index (χ2v) is 3.22. The van der Waals surface area contributed by atoms with E-state index < -0.39 is 12.0 Å². The number of nitrogens with two attached hydrogens (primary N) is 1. The number of carboxylic acid groups (broad SMARTS) is 1. The molecule has 0 spiro atoms. The van der Waals surface area contributed by atoms with Crippen molar-refractivity contribution >= 4 is 11.9 Å². The lowest BCUT2D eigenvalue weighted by atomic mass is 9.86. The predicted molar refractivity (Wildman–Crippen MR) is 46.0 cm³/mol. The fourth-order valence-corrected chi connectivity index (χ4v) is 1.46. The molecule has 1 aliphatic heterocycles. The van der Waals surface area contributed by atoms with Gasteiger partial charge in [0.05, 0.1) is 5.92 Å². The van der Waals surface area contributed by atoms with Gasteiger partial charge in [0, 0.05) is 0 Å². The van der Waals surface area contributed by atoms with Crippen LogP contribution >= 0.6 is 0 Å². The Morgan fingerprint density at radius 1 is 1.54 bits per heavy atom. The number of amides is 1. The molecule has 1 fully saturated rings.